The van der Waals surface area contributed by atoms with E-state index in [1.165, 1.54) is 0 Å². The highest BCUT2D eigenvalue weighted by Crippen LogP contribution is 2.28. The minimum atomic E-state index is -0.284. The lowest BCUT2D eigenvalue weighted by Crippen LogP contribution is -2.10. The molecule has 0 N–H and O–H groups in total. The summed E-state index contributed by atoms with van der Waals surface area (Å²) in [5.41, 5.74) is 1.82. The van der Waals surface area contributed by atoms with Crippen molar-refractivity contribution in [3.63, 3.8) is 0 Å². The summed E-state index contributed by atoms with van der Waals surface area (Å²) in [6, 6.07) is 10.8. The van der Waals surface area contributed by atoms with E-state index >= 15 is 0 Å². The van der Waals surface area contributed by atoms with E-state index in [0.717, 1.165) is 11.1 Å². The lowest BCUT2D eigenvalue weighted by Gasteiger charge is -2.11. The van der Waals surface area contributed by atoms with Crippen molar-refractivity contribution in [2.75, 3.05) is 13.7 Å². The normalized spacial score (nSPS) is 10.3. The van der Waals surface area contributed by atoms with Crippen LogP contribution < -0.4 is 14.2 Å². The molecule has 0 unspecified atom stereocenters. The van der Waals surface area contributed by atoms with Gasteiger partial charge in [0.25, 0.3) is 0 Å². The zero-order chi connectivity index (χ0) is 17.5. The molecule has 5 heteroatoms. The molecule has 0 radical (unpaired) electrons. The van der Waals surface area contributed by atoms with Gasteiger partial charge in [-0.05, 0) is 61.7 Å². The quantitative estimate of drug-likeness (QED) is 0.542. The molecule has 2 rings (SSSR count). The summed E-state index contributed by atoms with van der Waals surface area (Å²) in [6.07, 6.45) is 0.841. The number of carbonyl (C=O) groups is 1. The van der Waals surface area contributed by atoms with Crippen LogP contribution in [0.2, 0.25) is 5.02 Å². The molecule has 0 aliphatic carbocycles. The van der Waals surface area contributed by atoms with E-state index in [1.54, 1.807) is 25.3 Å². The first-order chi connectivity index (χ1) is 11.5. The molecule has 0 aliphatic rings. The molecule has 0 bridgehead atoms. The van der Waals surface area contributed by atoms with E-state index < -0.39 is 0 Å². The number of hydrogen-bond acceptors (Lipinski definition) is 4. The van der Waals surface area contributed by atoms with E-state index in [4.69, 9.17) is 25.8 Å². The maximum absolute atomic E-state index is 12.0. The fourth-order valence-electron chi connectivity index (χ4n) is 2.29. The van der Waals surface area contributed by atoms with Crippen molar-refractivity contribution in [3.05, 3.63) is 52.5 Å². The van der Waals surface area contributed by atoms with Crippen molar-refractivity contribution in [1.82, 2.24) is 0 Å². The molecule has 0 aromatic heterocycles. The van der Waals surface area contributed by atoms with Crippen molar-refractivity contribution >= 4 is 17.6 Å². The van der Waals surface area contributed by atoms with Crippen LogP contribution in [0.25, 0.3) is 0 Å². The Morgan fingerprint density at radius 3 is 2.50 bits per heavy atom. The van der Waals surface area contributed by atoms with E-state index in [1.807, 2.05) is 32.0 Å². The van der Waals surface area contributed by atoms with E-state index in [0.29, 0.717) is 35.3 Å². The number of esters is 1. The van der Waals surface area contributed by atoms with Crippen molar-refractivity contribution in [2.24, 2.45) is 0 Å². The zero-order valence-corrected chi connectivity index (χ0v) is 14.9. The second-order valence-electron chi connectivity index (χ2n) is 5.30. The number of hydrogen-bond donors (Lipinski definition) is 0. The van der Waals surface area contributed by atoms with Gasteiger partial charge in [-0.1, -0.05) is 17.7 Å². The molecule has 0 spiro atoms. The first-order valence-corrected chi connectivity index (χ1v) is 8.17. The average molecular weight is 349 g/mol. The highest BCUT2D eigenvalue weighted by Gasteiger charge is 2.10. The molecular formula is C19H21ClO4. The summed E-state index contributed by atoms with van der Waals surface area (Å²) >= 11 is 5.90. The van der Waals surface area contributed by atoms with E-state index in [2.05, 4.69) is 0 Å². The Kier molecular flexibility index (Phi) is 6.50. The number of carbonyl (C=O) groups excluding carboxylic acids is 1. The molecule has 0 aliphatic heterocycles. The zero-order valence-electron chi connectivity index (χ0n) is 14.1. The van der Waals surface area contributed by atoms with Crippen LogP contribution in [0, 0.1) is 6.92 Å². The minimum Gasteiger partial charge on any atom is -0.493 e. The Morgan fingerprint density at radius 2 is 1.83 bits per heavy atom. The smallest absolute Gasteiger partial charge is 0.311 e. The molecule has 128 valence electrons. The predicted octanol–water partition coefficient (Wildman–Crippen LogP) is 4.59. The third-order valence-corrected chi connectivity index (χ3v) is 3.74. The molecule has 24 heavy (non-hydrogen) atoms. The fourth-order valence-corrected chi connectivity index (χ4v) is 2.52. The van der Waals surface area contributed by atoms with E-state index in [-0.39, 0.29) is 12.4 Å². The van der Waals surface area contributed by atoms with Crippen molar-refractivity contribution in [1.29, 1.82) is 0 Å². The predicted molar refractivity (Wildman–Crippen MR) is 94.3 cm³/mol. The molecule has 0 saturated heterocycles. The van der Waals surface area contributed by atoms with Gasteiger partial charge in [0.15, 0.2) is 11.5 Å². The van der Waals surface area contributed by atoms with Crippen LogP contribution in [0.3, 0.4) is 0 Å². The maximum Gasteiger partial charge on any atom is 0.311 e. The molecule has 0 fully saturated rings. The van der Waals surface area contributed by atoms with Gasteiger partial charge in [0.05, 0.1) is 13.7 Å². The van der Waals surface area contributed by atoms with Crippen LogP contribution in [0.15, 0.2) is 36.4 Å². The topological polar surface area (TPSA) is 44.8 Å². The summed E-state index contributed by atoms with van der Waals surface area (Å²) < 4.78 is 16.2. The van der Waals surface area contributed by atoms with Gasteiger partial charge in [-0.2, -0.15) is 0 Å². The van der Waals surface area contributed by atoms with Crippen LogP contribution in [-0.2, 0) is 11.2 Å². The molecule has 2 aromatic carbocycles. The van der Waals surface area contributed by atoms with Gasteiger partial charge in [0.2, 0.25) is 0 Å². The van der Waals surface area contributed by atoms with Crippen LogP contribution in [0.5, 0.6) is 17.2 Å². The first-order valence-electron chi connectivity index (χ1n) is 7.80. The number of rotatable bonds is 7. The summed E-state index contributed by atoms with van der Waals surface area (Å²) in [5.74, 6) is 1.61. The Labute approximate surface area is 147 Å². The molecule has 2 aromatic rings. The van der Waals surface area contributed by atoms with Crippen molar-refractivity contribution in [2.45, 2.75) is 26.7 Å². The summed E-state index contributed by atoms with van der Waals surface area (Å²) in [7, 11) is 1.60. The Balaban J connectivity index is 1.96. The maximum atomic E-state index is 12.0. The first kappa shape index (κ1) is 18.1. The minimum absolute atomic E-state index is 0.277. The Morgan fingerprint density at radius 1 is 1.08 bits per heavy atom. The van der Waals surface area contributed by atoms with Crippen LogP contribution >= 0.6 is 11.6 Å². The largest absolute Gasteiger partial charge is 0.493 e. The van der Waals surface area contributed by atoms with Gasteiger partial charge >= 0.3 is 5.97 Å². The van der Waals surface area contributed by atoms with Gasteiger partial charge in [0, 0.05) is 11.4 Å². The molecule has 0 heterocycles. The summed E-state index contributed by atoms with van der Waals surface area (Å²) in [5, 5.41) is 0.619. The van der Waals surface area contributed by atoms with Gasteiger partial charge in [0.1, 0.15) is 5.75 Å². The second-order valence-corrected chi connectivity index (χ2v) is 5.74. The number of methoxy groups -OCH3 is 1. The number of halogens is 1. The Bertz CT molecular complexity index is 713. The lowest BCUT2D eigenvalue weighted by atomic mass is 10.1. The standard InChI is InChI=1S/C19H21ClO4/c1-4-23-17-8-5-14(12-18(17)22-3)6-10-19(21)24-16-9-7-15(20)11-13(16)2/h5,7-9,11-12H,4,6,10H2,1-3H3. The number of aryl methyl sites for hydroxylation is 2. The van der Waals surface area contributed by atoms with Crippen molar-refractivity contribution < 1.29 is 19.0 Å². The van der Waals surface area contributed by atoms with Gasteiger partial charge in [-0.3, -0.25) is 4.79 Å². The van der Waals surface area contributed by atoms with Gasteiger partial charge in [-0.25, -0.2) is 0 Å². The Hall–Kier alpha value is -2.20. The molecule has 4 nitrogen and oxygen atoms in total. The molecule has 0 saturated carbocycles. The van der Waals surface area contributed by atoms with Gasteiger partial charge < -0.3 is 14.2 Å². The van der Waals surface area contributed by atoms with Gasteiger partial charge in [-0.15, -0.1) is 0 Å². The third-order valence-electron chi connectivity index (χ3n) is 3.51. The summed E-state index contributed by atoms with van der Waals surface area (Å²) in [4.78, 5) is 12.0. The van der Waals surface area contributed by atoms with Crippen LogP contribution in [0.4, 0.5) is 0 Å². The number of benzene rings is 2. The summed E-state index contributed by atoms with van der Waals surface area (Å²) in [6.45, 7) is 4.34. The SMILES string of the molecule is CCOc1ccc(CCC(=O)Oc2ccc(Cl)cc2C)cc1OC. The number of ether oxygens (including phenoxy) is 3. The highest BCUT2D eigenvalue weighted by atomic mass is 35.5. The molecule has 0 atom stereocenters. The molecule has 0 amide bonds. The van der Waals surface area contributed by atoms with E-state index in [9.17, 15) is 4.79 Å². The second kappa shape index (κ2) is 8.60. The highest BCUT2D eigenvalue weighted by molar-refractivity contribution is 6.30. The molecular weight excluding hydrogens is 328 g/mol. The fraction of sp³-hybridized carbons (Fsp3) is 0.316. The lowest BCUT2D eigenvalue weighted by molar-refractivity contribution is -0.134. The average Bonchev–Trinajstić information content (AvgIpc) is 2.56. The monoisotopic (exact) mass is 348 g/mol. The van der Waals surface area contributed by atoms with Crippen LogP contribution in [0.1, 0.15) is 24.5 Å². The third kappa shape index (κ3) is 4.90. The van der Waals surface area contributed by atoms with Crippen molar-refractivity contribution in [3.8, 4) is 17.2 Å². The van der Waals surface area contributed by atoms with Crippen LogP contribution in [-0.4, -0.2) is 19.7 Å².